The highest BCUT2D eigenvalue weighted by atomic mass is 79.9. The van der Waals surface area contributed by atoms with E-state index in [9.17, 15) is 9.90 Å². The summed E-state index contributed by atoms with van der Waals surface area (Å²) in [5, 5.41) is 12.8. The lowest BCUT2D eigenvalue weighted by molar-refractivity contribution is -0.141. The van der Waals surface area contributed by atoms with Gasteiger partial charge in [0.25, 0.3) is 0 Å². The summed E-state index contributed by atoms with van der Waals surface area (Å²) < 4.78 is 0.954. The molecule has 0 aromatic heterocycles. The number of benzene rings is 1. The molecule has 19 heavy (non-hydrogen) atoms. The predicted octanol–water partition coefficient (Wildman–Crippen LogP) is 2.55. The number of aliphatic carboxylic acids is 1. The van der Waals surface area contributed by atoms with Crippen molar-refractivity contribution >= 4 is 27.6 Å². The number of likely N-dealkylation sites (tertiary alicyclic amines) is 1. The van der Waals surface area contributed by atoms with Crippen LogP contribution >= 0.6 is 15.9 Å². The van der Waals surface area contributed by atoms with Gasteiger partial charge < -0.3 is 10.4 Å². The van der Waals surface area contributed by atoms with Gasteiger partial charge in [0.2, 0.25) is 0 Å². The smallest absolute Gasteiger partial charge is 0.330 e. The Kier molecular flexibility index (Phi) is 3.27. The zero-order chi connectivity index (χ0) is 13.5. The lowest BCUT2D eigenvalue weighted by atomic mass is 9.98. The second kappa shape index (κ2) is 4.80. The van der Waals surface area contributed by atoms with Crippen molar-refractivity contribution in [2.24, 2.45) is 0 Å². The minimum absolute atomic E-state index is 0.597. The van der Waals surface area contributed by atoms with E-state index < -0.39 is 11.5 Å². The van der Waals surface area contributed by atoms with Crippen LogP contribution in [-0.4, -0.2) is 40.6 Å². The third kappa shape index (κ3) is 2.62. The first-order valence-corrected chi connectivity index (χ1v) is 7.40. The van der Waals surface area contributed by atoms with E-state index >= 15 is 0 Å². The van der Waals surface area contributed by atoms with Crippen molar-refractivity contribution < 1.29 is 9.90 Å². The quantitative estimate of drug-likeness (QED) is 0.893. The molecule has 102 valence electrons. The fourth-order valence-electron chi connectivity index (χ4n) is 2.76. The Bertz CT molecular complexity index is 504. The first-order valence-electron chi connectivity index (χ1n) is 6.60. The van der Waals surface area contributed by atoms with Crippen LogP contribution in [0.1, 0.15) is 19.3 Å². The van der Waals surface area contributed by atoms with Crippen LogP contribution in [0.25, 0.3) is 0 Å². The van der Waals surface area contributed by atoms with E-state index in [2.05, 4.69) is 26.1 Å². The van der Waals surface area contributed by atoms with Gasteiger partial charge in [0.1, 0.15) is 5.54 Å². The number of carbonyl (C=O) groups is 1. The zero-order valence-electron chi connectivity index (χ0n) is 10.6. The van der Waals surface area contributed by atoms with Crippen LogP contribution in [0.3, 0.4) is 0 Å². The van der Waals surface area contributed by atoms with Crippen molar-refractivity contribution in [3.8, 4) is 0 Å². The minimum atomic E-state index is -0.844. The van der Waals surface area contributed by atoms with Crippen molar-refractivity contribution in [3.63, 3.8) is 0 Å². The number of nitrogens with one attached hydrogen (secondary N) is 1. The second-order valence-electron chi connectivity index (χ2n) is 5.47. The molecule has 1 aromatic carbocycles. The maximum atomic E-state index is 11.7. The van der Waals surface area contributed by atoms with Crippen molar-refractivity contribution in [1.82, 2.24) is 4.90 Å². The Morgan fingerprint density at radius 3 is 2.89 bits per heavy atom. The van der Waals surface area contributed by atoms with Gasteiger partial charge in [-0.1, -0.05) is 22.0 Å². The molecule has 0 spiro atoms. The normalized spacial score (nSPS) is 27.4. The zero-order valence-corrected chi connectivity index (χ0v) is 12.2. The summed E-state index contributed by atoms with van der Waals surface area (Å²) in [6.45, 7) is 1.47. The van der Waals surface area contributed by atoms with Gasteiger partial charge in [0, 0.05) is 29.3 Å². The number of nitrogens with zero attached hydrogens (tertiary/aromatic N) is 1. The minimum Gasteiger partial charge on any atom is -0.479 e. The Morgan fingerprint density at radius 1 is 1.47 bits per heavy atom. The average Bonchev–Trinajstić information content (AvgIpc) is 3.12. The predicted molar refractivity (Wildman–Crippen MR) is 77.3 cm³/mol. The third-order valence-electron chi connectivity index (χ3n) is 3.98. The highest BCUT2D eigenvalue weighted by Gasteiger charge is 2.48. The number of rotatable bonds is 4. The van der Waals surface area contributed by atoms with Crippen LogP contribution in [0.4, 0.5) is 5.69 Å². The average molecular weight is 325 g/mol. The summed E-state index contributed by atoms with van der Waals surface area (Å²) >= 11 is 3.41. The summed E-state index contributed by atoms with van der Waals surface area (Å²) in [5.41, 5.74) is 0.0121. The van der Waals surface area contributed by atoms with Crippen LogP contribution in [0.5, 0.6) is 0 Å². The lowest BCUT2D eigenvalue weighted by Gasteiger charge is -2.27. The maximum Gasteiger partial charge on any atom is 0.330 e. The molecule has 1 aromatic rings. The molecule has 2 aliphatic rings. The lowest BCUT2D eigenvalue weighted by Crippen LogP contribution is -2.49. The molecule has 1 heterocycles. The van der Waals surface area contributed by atoms with Crippen molar-refractivity contribution in [2.45, 2.75) is 30.8 Å². The first kappa shape index (κ1) is 12.9. The Balaban J connectivity index is 1.79. The number of hydrogen-bond acceptors (Lipinski definition) is 3. The van der Waals surface area contributed by atoms with E-state index in [0.717, 1.165) is 16.7 Å². The summed E-state index contributed by atoms with van der Waals surface area (Å²) in [7, 11) is 0. The van der Waals surface area contributed by atoms with Gasteiger partial charge in [-0.05, 0) is 37.5 Å². The molecular weight excluding hydrogens is 308 g/mol. The van der Waals surface area contributed by atoms with E-state index in [1.807, 2.05) is 24.3 Å². The second-order valence-corrected chi connectivity index (χ2v) is 6.39. The van der Waals surface area contributed by atoms with Crippen LogP contribution in [0.2, 0.25) is 0 Å². The van der Waals surface area contributed by atoms with Gasteiger partial charge in [-0.15, -0.1) is 0 Å². The highest BCUT2D eigenvalue weighted by molar-refractivity contribution is 9.10. The van der Waals surface area contributed by atoms with E-state index in [4.69, 9.17) is 0 Å². The fraction of sp³-hybridized carbons (Fsp3) is 0.500. The van der Waals surface area contributed by atoms with Gasteiger partial charge in [-0.25, -0.2) is 4.79 Å². The molecule has 1 aliphatic carbocycles. The fourth-order valence-corrected chi connectivity index (χ4v) is 3.16. The molecule has 0 amide bonds. The van der Waals surface area contributed by atoms with Gasteiger partial charge >= 0.3 is 5.97 Å². The Morgan fingerprint density at radius 2 is 2.26 bits per heavy atom. The Labute approximate surface area is 120 Å². The molecule has 3 rings (SSSR count). The SMILES string of the molecule is O=C(O)C1(Nc2cccc(Br)c2)CCN(C2CC2)C1. The number of anilines is 1. The van der Waals surface area contributed by atoms with Crippen molar-refractivity contribution in [1.29, 1.82) is 0 Å². The van der Waals surface area contributed by atoms with E-state index in [1.165, 1.54) is 12.8 Å². The molecule has 1 saturated heterocycles. The van der Waals surface area contributed by atoms with Gasteiger partial charge in [0.05, 0.1) is 0 Å². The monoisotopic (exact) mass is 324 g/mol. The maximum absolute atomic E-state index is 11.7. The molecular formula is C14H17BrN2O2. The number of carboxylic acid groups (broad SMARTS) is 1. The number of halogens is 1. The largest absolute Gasteiger partial charge is 0.479 e. The molecule has 1 unspecified atom stereocenters. The Hall–Kier alpha value is -1.07. The summed E-state index contributed by atoms with van der Waals surface area (Å²) in [5.74, 6) is -0.754. The third-order valence-corrected chi connectivity index (χ3v) is 4.47. The van der Waals surface area contributed by atoms with E-state index in [1.54, 1.807) is 0 Å². The van der Waals surface area contributed by atoms with Crippen LogP contribution in [-0.2, 0) is 4.79 Å². The summed E-state index contributed by atoms with van der Waals surface area (Å²) in [6.07, 6.45) is 3.09. The molecule has 0 bridgehead atoms. The molecule has 1 saturated carbocycles. The molecule has 0 radical (unpaired) electrons. The molecule has 5 heteroatoms. The van der Waals surface area contributed by atoms with Crippen molar-refractivity contribution in [2.75, 3.05) is 18.4 Å². The van der Waals surface area contributed by atoms with E-state index in [0.29, 0.717) is 19.0 Å². The van der Waals surface area contributed by atoms with Crippen molar-refractivity contribution in [3.05, 3.63) is 28.7 Å². The van der Waals surface area contributed by atoms with E-state index in [-0.39, 0.29) is 0 Å². The number of hydrogen-bond donors (Lipinski definition) is 2. The first-order chi connectivity index (χ1) is 9.09. The standard InChI is InChI=1S/C14H17BrN2O2/c15-10-2-1-3-11(8-10)16-14(13(18)19)6-7-17(9-14)12-4-5-12/h1-3,8,12,16H,4-7,9H2,(H,18,19). The summed E-state index contributed by atoms with van der Waals surface area (Å²) in [6, 6.07) is 8.30. The van der Waals surface area contributed by atoms with Crippen LogP contribution < -0.4 is 5.32 Å². The highest BCUT2D eigenvalue weighted by Crippen LogP contribution is 2.35. The topological polar surface area (TPSA) is 52.6 Å². The molecule has 2 fully saturated rings. The molecule has 2 N–H and O–H groups in total. The number of carboxylic acids is 1. The molecule has 1 atom stereocenters. The van der Waals surface area contributed by atoms with Gasteiger partial charge in [0.15, 0.2) is 0 Å². The van der Waals surface area contributed by atoms with Crippen LogP contribution in [0, 0.1) is 0 Å². The molecule has 1 aliphatic heterocycles. The van der Waals surface area contributed by atoms with Gasteiger partial charge in [-0.3, -0.25) is 4.90 Å². The van der Waals surface area contributed by atoms with Crippen LogP contribution in [0.15, 0.2) is 28.7 Å². The van der Waals surface area contributed by atoms with Gasteiger partial charge in [-0.2, -0.15) is 0 Å². The summed E-state index contributed by atoms with van der Waals surface area (Å²) in [4.78, 5) is 14.0. The molecule has 4 nitrogen and oxygen atoms in total.